The van der Waals surface area contributed by atoms with E-state index in [4.69, 9.17) is 11.5 Å². The van der Waals surface area contributed by atoms with Gasteiger partial charge >= 0.3 is 0 Å². The van der Waals surface area contributed by atoms with Gasteiger partial charge in [0.05, 0.1) is 10.8 Å². The standard InChI is InChI=1S/C14H20N4O3S/c1-9-11(18-7-3-2-4-8-18)6-5-10(12(9)22(20)21)13(19)17-14(15)16/h5-6,10H,2-4,7-8H2,1H3,(H4,15,16,17,19). The number of hydrogen-bond donors (Lipinski definition) is 2. The Morgan fingerprint density at radius 2 is 1.91 bits per heavy atom. The van der Waals surface area contributed by atoms with Gasteiger partial charge in [-0.05, 0) is 37.8 Å². The summed E-state index contributed by atoms with van der Waals surface area (Å²) in [6.45, 7) is 3.50. The van der Waals surface area contributed by atoms with Gasteiger partial charge in [-0.2, -0.15) is 13.4 Å². The first-order chi connectivity index (χ1) is 10.4. The fourth-order valence-electron chi connectivity index (χ4n) is 2.86. The van der Waals surface area contributed by atoms with Crippen LogP contribution in [0.1, 0.15) is 26.2 Å². The molecule has 4 N–H and O–H groups in total. The number of hydrogen-bond acceptors (Lipinski definition) is 4. The van der Waals surface area contributed by atoms with E-state index in [0.29, 0.717) is 5.57 Å². The molecule has 2 aliphatic rings. The molecular weight excluding hydrogens is 304 g/mol. The van der Waals surface area contributed by atoms with Crippen LogP contribution in [0.2, 0.25) is 0 Å². The highest BCUT2D eigenvalue weighted by atomic mass is 32.2. The minimum absolute atomic E-state index is 0.0399. The molecule has 2 rings (SSSR count). The van der Waals surface area contributed by atoms with Crippen molar-refractivity contribution in [3.8, 4) is 0 Å². The number of aliphatic imine (C=N–C) groups is 1. The number of guanidine groups is 1. The lowest BCUT2D eigenvalue weighted by Gasteiger charge is -2.33. The van der Waals surface area contributed by atoms with Crippen molar-refractivity contribution in [3.05, 3.63) is 23.4 Å². The maximum absolute atomic E-state index is 12.0. The number of likely N-dealkylation sites (tertiary alicyclic amines) is 1. The maximum atomic E-state index is 12.0. The molecule has 1 amide bonds. The Bertz CT molecular complexity index is 686. The van der Waals surface area contributed by atoms with Gasteiger partial charge in [0.15, 0.2) is 5.96 Å². The van der Waals surface area contributed by atoms with Crippen LogP contribution >= 0.6 is 0 Å². The molecule has 120 valence electrons. The molecule has 1 heterocycles. The van der Waals surface area contributed by atoms with E-state index in [2.05, 4.69) is 9.89 Å². The molecule has 1 aliphatic heterocycles. The van der Waals surface area contributed by atoms with E-state index < -0.39 is 22.1 Å². The van der Waals surface area contributed by atoms with Crippen molar-refractivity contribution in [2.24, 2.45) is 22.4 Å². The maximum Gasteiger partial charge on any atom is 0.261 e. The van der Waals surface area contributed by atoms with Crippen LogP contribution in [0, 0.1) is 5.92 Å². The van der Waals surface area contributed by atoms with Crippen LogP contribution in [-0.4, -0.2) is 43.1 Å². The number of piperidine rings is 1. The molecule has 1 unspecified atom stereocenters. The second kappa shape index (κ2) is 6.78. The normalized spacial score (nSPS) is 21.8. The second-order valence-corrected chi connectivity index (χ2v) is 6.28. The van der Waals surface area contributed by atoms with E-state index in [1.165, 1.54) is 6.42 Å². The number of amides is 1. The molecular formula is C14H20N4O3S. The van der Waals surface area contributed by atoms with Crippen molar-refractivity contribution in [2.45, 2.75) is 26.2 Å². The average Bonchev–Trinajstić information content (AvgIpc) is 2.46. The predicted molar refractivity (Wildman–Crippen MR) is 85.5 cm³/mol. The average molecular weight is 324 g/mol. The van der Waals surface area contributed by atoms with E-state index in [0.717, 1.165) is 31.6 Å². The Labute approximate surface area is 130 Å². The molecule has 8 heteroatoms. The third-order valence-electron chi connectivity index (χ3n) is 3.86. The lowest BCUT2D eigenvalue weighted by atomic mass is 9.91. The summed E-state index contributed by atoms with van der Waals surface area (Å²) in [6, 6.07) is 0. The van der Waals surface area contributed by atoms with Gasteiger partial charge in [-0.3, -0.25) is 4.79 Å². The molecule has 0 aromatic carbocycles. The van der Waals surface area contributed by atoms with Crippen molar-refractivity contribution < 1.29 is 13.2 Å². The number of carbonyl (C=O) groups excluding carboxylic acids is 1. The first kappa shape index (κ1) is 16.3. The van der Waals surface area contributed by atoms with Crippen molar-refractivity contribution in [1.82, 2.24) is 4.90 Å². The number of nitrogens with two attached hydrogens (primary N) is 2. The fourth-order valence-corrected chi connectivity index (χ4v) is 3.60. The van der Waals surface area contributed by atoms with E-state index in [1.807, 2.05) is 0 Å². The SMILES string of the molecule is CC1=C(N2CCCCC2)C=CC(C(=O)N=C(N)N)C1=S(=O)=O. The van der Waals surface area contributed by atoms with Crippen LogP contribution in [0.4, 0.5) is 0 Å². The van der Waals surface area contributed by atoms with Gasteiger partial charge in [-0.25, -0.2) is 0 Å². The molecule has 1 saturated heterocycles. The van der Waals surface area contributed by atoms with Crippen LogP contribution in [0.5, 0.6) is 0 Å². The largest absolute Gasteiger partial charge is 0.371 e. The molecule has 1 fully saturated rings. The van der Waals surface area contributed by atoms with Crippen LogP contribution in [0.25, 0.3) is 0 Å². The lowest BCUT2D eigenvalue weighted by Crippen LogP contribution is -2.35. The van der Waals surface area contributed by atoms with E-state index in [9.17, 15) is 13.2 Å². The Morgan fingerprint density at radius 1 is 1.27 bits per heavy atom. The quantitative estimate of drug-likeness (QED) is 0.412. The van der Waals surface area contributed by atoms with E-state index >= 15 is 0 Å². The Morgan fingerprint density at radius 3 is 2.45 bits per heavy atom. The molecule has 0 aromatic heterocycles. The van der Waals surface area contributed by atoms with Crippen LogP contribution in [0.3, 0.4) is 0 Å². The van der Waals surface area contributed by atoms with Crippen molar-refractivity contribution in [3.63, 3.8) is 0 Å². The molecule has 0 bridgehead atoms. The van der Waals surface area contributed by atoms with Crippen LogP contribution in [-0.2, 0) is 15.1 Å². The van der Waals surface area contributed by atoms with Gasteiger partial charge < -0.3 is 16.4 Å². The van der Waals surface area contributed by atoms with Crippen molar-refractivity contribution in [2.75, 3.05) is 13.1 Å². The first-order valence-corrected chi connectivity index (χ1v) is 8.23. The van der Waals surface area contributed by atoms with E-state index in [-0.39, 0.29) is 10.8 Å². The highest BCUT2D eigenvalue weighted by Gasteiger charge is 2.30. The molecule has 1 aliphatic carbocycles. The zero-order chi connectivity index (χ0) is 16.3. The number of carbonyl (C=O) groups is 1. The Kier molecular flexibility index (Phi) is 5.02. The summed E-state index contributed by atoms with van der Waals surface area (Å²) in [4.78, 5) is 17.7. The molecule has 0 radical (unpaired) electrons. The van der Waals surface area contributed by atoms with Gasteiger partial charge in [0, 0.05) is 18.8 Å². The minimum atomic E-state index is -2.51. The Hall–Kier alpha value is -2.09. The second-order valence-electron chi connectivity index (χ2n) is 5.37. The van der Waals surface area contributed by atoms with Gasteiger partial charge in [0.2, 0.25) is 10.3 Å². The molecule has 0 saturated carbocycles. The number of rotatable bonds is 2. The Balaban J connectivity index is 2.41. The van der Waals surface area contributed by atoms with Gasteiger partial charge in [-0.15, -0.1) is 0 Å². The fraction of sp³-hybridized carbons (Fsp3) is 0.500. The zero-order valence-electron chi connectivity index (χ0n) is 12.4. The zero-order valence-corrected chi connectivity index (χ0v) is 13.3. The summed E-state index contributed by atoms with van der Waals surface area (Å²) < 4.78 is 23.2. The smallest absolute Gasteiger partial charge is 0.261 e. The molecule has 0 aromatic rings. The molecule has 22 heavy (non-hydrogen) atoms. The highest BCUT2D eigenvalue weighted by Crippen LogP contribution is 2.26. The molecule has 7 nitrogen and oxygen atoms in total. The summed E-state index contributed by atoms with van der Waals surface area (Å²) >= 11 is 0. The third kappa shape index (κ3) is 3.38. The van der Waals surface area contributed by atoms with Gasteiger partial charge in [-0.1, -0.05) is 6.08 Å². The topological polar surface area (TPSA) is 119 Å². The number of allylic oxidation sites excluding steroid dienone is 2. The van der Waals surface area contributed by atoms with Crippen molar-refractivity contribution >= 4 is 27.0 Å². The van der Waals surface area contributed by atoms with Crippen molar-refractivity contribution in [1.29, 1.82) is 0 Å². The van der Waals surface area contributed by atoms with Crippen LogP contribution in [0.15, 0.2) is 28.4 Å². The summed E-state index contributed by atoms with van der Waals surface area (Å²) in [5, 5.41) is 0. The van der Waals surface area contributed by atoms with Crippen LogP contribution < -0.4 is 11.5 Å². The third-order valence-corrected chi connectivity index (χ3v) is 4.78. The molecule has 1 atom stereocenters. The van der Waals surface area contributed by atoms with E-state index in [1.54, 1.807) is 19.1 Å². The monoisotopic (exact) mass is 324 g/mol. The number of nitrogens with zero attached hydrogens (tertiary/aromatic N) is 2. The summed E-state index contributed by atoms with van der Waals surface area (Å²) in [7, 11) is -2.51. The summed E-state index contributed by atoms with van der Waals surface area (Å²) in [5.41, 5.74) is 11.8. The lowest BCUT2D eigenvalue weighted by molar-refractivity contribution is -0.118. The highest BCUT2D eigenvalue weighted by molar-refractivity contribution is 7.73. The summed E-state index contributed by atoms with van der Waals surface area (Å²) in [5.74, 6) is -2.01. The van der Waals surface area contributed by atoms with Gasteiger partial charge in [0.1, 0.15) is 0 Å². The molecule has 0 spiro atoms. The summed E-state index contributed by atoms with van der Waals surface area (Å²) in [6.07, 6.45) is 6.69. The predicted octanol–water partition coefficient (Wildman–Crippen LogP) is -0.216. The first-order valence-electron chi connectivity index (χ1n) is 7.15. The van der Waals surface area contributed by atoms with Gasteiger partial charge in [0.25, 0.3) is 5.91 Å². The minimum Gasteiger partial charge on any atom is -0.371 e.